The highest BCUT2D eigenvalue weighted by Gasteiger charge is 2.31. The van der Waals surface area contributed by atoms with Gasteiger partial charge < -0.3 is 53.2 Å². The van der Waals surface area contributed by atoms with E-state index in [1.54, 1.807) is 11.9 Å². The molecular formula is C25H46N2O12. The molecule has 0 spiro atoms. The third-order valence-electron chi connectivity index (χ3n) is 5.32. The molecule has 1 heterocycles. The van der Waals surface area contributed by atoms with E-state index in [2.05, 4.69) is 5.32 Å². The third kappa shape index (κ3) is 21.6. The summed E-state index contributed by atoms with van der Waals surface area (Å²) >= 11 is 0. The van der Waals surface area contributed by atoms with E-state index in [-0.39, 0.29) is 37.2 Å². The molecule has 39 heavy (non-hydrogen) atoms. The average molecular weight is 567 g/mol. The first-order valence-electron chi connectivity index (χ1n) is 13.4. The van der Waals surface area contributed by atoms with Gasteiger partial charge in [0.05, 0.1) is 118 Å². The Hall–Kier alpha value is -1.91. The Morgan fingerprint density at radius 2 is 1.05 bits per heavy atom. The number of carboxylic acid groups (broad SMARTS) is 1. The van der Waals surface area contributed by atoms with Crippen LogP contribution >= 0.6 is 0 Å². The Balaban J connectivity index is 1.67. The van der Waals surface area contributed by atoms with E-state index in [1.165, 1.54) is 0 Å². The molecule has 0 aromatic carbocycles. The van der Waals surface area contributed by atoms with Gasteiger partial charge in [-0.1, -0.05) is 0 Å². The minimum absolute atomic E-state index is 0.000551. The number of amides is 2. The lowest BCUT2D eigenvalue weighted by atomic mass is 10.1. The second kappa shape index (κ2) is 25.1. The van der Waals surface area contributed by atoms with Crippen LogP contribution in [-0.2, 0) is 52.3 Å². The average Bonchev–Trinajstić information content (AvgIpc) is 3.25. The number of carbonyl (C=O) groups excluding carboxylic acids is 2. The topological polar surface area (TPSA) is 161 Å². The van der Waals surface area contributed by atoms with Crippen molar-refractivity contribution in [3.05, 3.63) is 0 Å². The molecular weight excluding hydrogens is 520 g/mol. The number of carboxylic acids is 1. The summed E-state index contributed by atoms with van der Waals surface area (Å²) in [6, 6.07) is 0. The van der Waals surface area contributed by atoms with Gasteiger partial charge in [-0.2, -0.15) is 0 Å². The van der Waals surface area contributed by atoms with Crippen LogP contribution in [0.1, 0.15) is 12.8 Å². The van der Waals surface area contributed by atoms with Gasteiger partial charge in [0, 0.05) is 26.6 Å². The molecule has 14 heteroatoms. The molecule has 2 amide bonds. The number of hydrogen-bond acceptors (Lipinski definition) is 11. The van der Waals surface area contributed by atoms with Gasteiger partial charge >= 0.3 is 5.97 Å². The molecule has 1 saturated heterocycles. The molecule has 228 valence electrons. The van der Waals surface area contributed by atoms with Gasteiger partial charge in [-0.05, 0) is 0 Å². The normalized spacial score (nSPS) is 15.3. The fraction of sp³-hybridized carbons (Fsp3) is 0.880. The van der Waals surface area contributed by atoms with Gasteiger partial charge in [0.2, 0.25) is 11.8 Å². The first-order valence-corrected chi connectivity index (χ1v) is 13.4. The molecule has 1 aliphatic rings. The van der Waals surface area contributed by atoms with E-state index in [1.807, 2.05) is 0 Å². The summed E-state index contributed by atoms with van der Waals surface area (Å²) < 4.78 is 42.9. The molecule has 0 saturated carbocycles. The van der Waals surface area contributed by atoms with E-state index >= 15 is 0 Å². The summed E-state index contributed by atoms with van der Waals surface area (Å²) in [7, 11) is 1.70. The van der Waals surface area contributed by atoms with E-state index in [0.717, 1.165) is 0 Å². The first kappa shape index (κ1) is 35.1. The van der Waals surface area contributed by atoms with Crippen molar-refractivity contribution in [3.63, 3.8) is 0 Å². The molecule has 0 bridgehead atoms. The van der Waals surface area contributed by atoms with Gasteiger partial charge in [-0.15, -0.1) is 0 Å². The Bertz CT molecular complexity index is 640. The van der Waals surface area contributed by atoms with Crippen molar-refractivity contribution >= 4 is 17.8 Å². The molecule has 1 rings (SSSR count). The molecule has 0 aromatic heterocycles. The van der Waals surface area contributed by atoms with Crippen LogP contribution in [0, 0.1) is 5.92 Å². The maximum absolute atomic E-state index is 12.0. The lowest BCUT2D eigenvalue weighted by molar-refractivity contribution is -0.138. The van der Waals surface area contributed by atoms with E-state index in [4.69, 9.17) is 43.0 Å². The van der Waals surface area contributed by atoms with Crippen LogP contribution in [0.4, 0.5) is 0 Å². The van der Waals surface area contributed by atoms with Gasteiger partial charge in [-0.3, -0.25) is 14.4 Å². The Morgan fingerprint density at radius 3 is 1.38 bits per heavy atom. The van der Waals surface area contributed by atoms with Crippen LogP contribution < -0.4 is 5.32 Å². The largest absolute Gasteiger partial charge is 0.481 e. The van der Waals surface area contributed by atoms with Gasteiger partial charge in [0.25, 0.3) is 0 Å². The fourth-order valence-electron chi connectivity index (χ4n) is 3.23. The van der Waals surface area contributed by atoms with Crippen LogP contribution in [0.3, 0.4) is 0 Å². The predicted molar refractivity (Wildman–Crippen MR) is 138 cm³/mol. The number of nitrogens with zero attached hydrogens (tertiary/aromatic N) is 1. The van der Waals surface area contributed by atoms with Crippen molar-refractivity contribution < 1.29 is 57.4 Å². The van der Waals surface area contributed by atoms with Crippen molar-refractivity contribution in [1.82, 2.24) is 10.2 Å². The zero-order chi connectivity index (χ0) is 28.4. The Morgan fingerprint density at radius 1 is 0.692 bits per heavy atom. The maximum Gasteiger partial charge on any atom is 0.305 e. The number of nitrogens with one attached hydrogen (secondary N) is 1. The molecule has 0 radical (unpaired) electrons. The molecule has 1 unspecified atom stereocenters. The number of carbonyl (C=O) groups is 3. The van der Waals surface area contributed by atoms with Crippen molar-refractivity contribution in [2.45, 2.75) is 12.8 Å². The van der Waals surface area contributed by atoms with Crippen LogP contribution in [0.15, 0.2) is 0 Å². The zero-order valence-corrected chi connectivity index (χ0v) is 23.1. The molecule has 2 N–H and O–H groups in total. The fourth-order valence-corrected chi connectivity index (χ4v) is 3.23. The van der Waals surface area contributed by atoms with Crippen LogP contribution in [0.2, 0.25) is 0 Å². The summed E-state index contributed by atoms with van der Waals surface area (Å²) in [5, 5.41) is 11.3. The third-order valence-corrected chi connectivity index (χ3v) is 5.32. The minimum Gasteiger partial charge on any atom is -0.481 e. The molecule has 0 aliphatic carbocycles. The molecule has 1 fully saturated rings. The highest BCUT2D eigenvalue weighted by atomic mass is 16.6. The van der Waals surface area contributed by atoms with E-state index < -0.39 is 5.97 Å². The summed E-state index contributed by atoms with van der Waals surface area (Å²) in [6.07, 6.45) is 0.265. The predicted octanol–water partition coefficient (Wildman–Crippen LogP) is -0.812. The van der Waals surface area contributed by atoms with E-state index in [0.29, 0.717) is 112 Å². The van der Waals surface area contributed by atoms with Crippen molar-refractivity contribution in [3.8, 4) is 0 Å². The highest BCUT2D eigenvalue weighted by molar-refractivity contribution is 5.89. The Kier molecular flexibility index (Phi) is 22.6. The second-order valence-electron chi connectivity index (χ2n) is 8.51. The second-order valence-corrected chi connectivity index (χ2v) is 8.51. The standard InChI is InChI=1S/C25H46N2O12/c1-27-21-22(20-23(27)28)25(31)26-3-5-33-7-9-35-11-13-37-15-17-39-19-18-38-16-14-36-12-10-34-8-6-32-4-2-24(29)30/h22H,2-21H2,1H3,(H,26,31)(H,29,30). The molecule has 0 aromatic rings. The number of aliphatic carboxylic acids is 1. The molecule has 14 nitrogen and oxygen atoms in total. The van der Waals surface area contributed by atoms with Crippen molar-refractivity contribution in [2.75, 3.05) is 126 Å². The number of hydrogen-bond donors (Lipinski definition) is 2. The molecule has 1 atom stereocenters. The molecule has 1 aliphatic heterocycles. The summed E-state index contributed by atoms with van der Waals surface area (Å²) in [5.74, 6) is -1.26. The lowest BCUT2D eigenvalue weighted by Crippen LogP contribution is -2.34. The first-order chi connectivity index (χ1) is 19.0. The van der Waals surface area contributed by atoms with Crippen LogP contribution in [0.5, 0.6) is 0 Å². The lowest BCUT2D eigenvalue weighted by Gasteiger charge is -2.11. The number of likely N-dealkylation sites (tertiary alicyclic amines) is 1. The highest BCUT2D eigenvalue weighted by Crippen LogP contribution is 2.15. The number of rotatable bonds is 28. The smallest absolute Gasteiger partial charge is 0.305 e. The number of ether oxygens (including phenoxy) is 8. The monoisotopic (exact) mass is 566 g/mol. The quantitative estimate of drug-likeness (QED) is 0.114. The Labute approximate surface area is 230 Å². The maximum atomic E-state index is 12.0. The summed E-state index contributed by atoms with van der Waals surface area (Å²) in [5.41, 5.74) is 0. The minimum atomic E-state index is -0.879. The van der Waals surface area contributed by atoms with Gasteiger partial charge in [0.15, 0.2) is 0 Å². The van der Waals surface area contributed by atoms with Crippen molar-refractivity contribution in [1.29, 1.82) is 0 Å². The van der Waals surface area contributed by atoms with Crippen LogP contribution in [0.25, 0.3) is 0 Å². The summed E-state index contributed by atoms with van der Waals surface area (Å²) in [6.45, 7) is 7.69. The van der Waals surface area contributed by atoms with Crippen LogP contribution in [-0.4, -0.2) is 154 Å². The van der Waals surface area contributed by atoms with Gasteiger partial charge in [-0.25, -0.2) is 0 Å². The van der Waals surface area contributed by atoms with E-state index in [9.17, 15) is 14.4 Å². The van der Waals surface area contributed by atoms with Crippen molar-refractivity contribution in [2.24, 2.45) is 5.92 Å². The zero-order valence-electron chi connectivity index (χ0n) is 23.1. The summed E-state index contributed by atoms with van der Waals surface area (Å²) in [4.78, 5) is 35.3. The van der Waals surface area contributed by atoms with Gasteiger partial charge in [0.1, 0.15) is 0 Å². The SMILES string of the molecule is CN1CC(C(=O)NCCOCCOCCOCCOCCOCCOCCOCCOCCC(=O)O)CC1=O.